The molecule has 0 spiro atoms. The van der Waals surface area contributed by atoms with Gasteiger partial charge in [-0.3, -0.25) is 4.79 Å². The molecule has 1 amide bonds. The zero-order chi connectivity index (χ0) is 15.4. The molecule has 3 N–H and O–H groups in total. The summed E-state index contributed by atoms with van der Waals surface area (Å²) in [5.74, 6) is -1.13. The number of carbonyl (C=O) groups is 1. The Labute approximate surface area is 122 Å². The minimum atomic E-state index is -0.638. The van der Waals surface area contributed by atoms with Crippen molar-refractivity contribution in [3.8, 4) is 5.75 Å². The maximum atomic E-state index is 13.2. The topological polar surface area (TPSA) is 61.4 Å². The SMILES string of the molecule is CNC(=O)c1ccc(NCc2ccc(O)c(F)c2)c(C)c1. The second-order valence-corrected chi connectivity index (χ2v) is 4.75. The highest BCUT2D eigenvalue weighted by Gasteiger charge is 2.06. The monoisotopic (exact) mass is 288 g/mol. The third-order valence-electron chi connectivity index (χ3n) is 3.21. The molecule has 0 saturated carbocycles. The van der Waals surface area contributed by atoms with Crippen molar-refractivity contribution in [1.29, 1.82) is 0 Å². The minimum absolute atomic E-state index is 0.134. The van der Waals surface area contributed by atoms with E-state index in [1.165, 1.54) is 12.1 Å². The van der Waals surface area contributed by atoms with Gasteiger partial charge in [0.2, 0.25) is 0 Å². The molecule has 5 heteroatoms. The van der Waals surface area contributed by atoms with Gasteiger partial charge in [0.15, 0.2) is 11.6 Å². The third-order valence-corrected chi connectivity index (χ3v) is 3.21. The second kappa shape index (κ2) is 6.26. The van der Waals surface area contributed by atoms with Gasteiger partial charge in [0.1, 0.15) is 0 Å². The first-order valence-electron chi connectivity index (χ1n) is 6.55. The quantitative estimate of drug-likeness (QED) is 0.810. The normalized spacial score (nSPS) is 10.2. The lowest BCUT2D eigenvalue weighted by Gasteiger charge is -2.11. The fraction of sp³-hybridized carbons (Fsp3) is 0.188. The highest BCUT2D eigenvalue weighted by atomic mass is 19.1. The molecule has 0 aliphatic heterocycles. The average molecular weight is 288 g/mol. The minimum Gasteiger partial charge on any atom is -0.505 e. The van der Waals surface area contributed by atoms with Crippen molar-refractivity contribution in [2.45, 2.75) is 13.5 Å². The van der Waals surface area contributed by atoms with Crippen molar-refractivity contribution in [1.82, 2.24) is 5.32 Å². The number of hydrogen-bond donors (Lipinski definition) is 3. The average Bonchev–Trinajstić information content (AvgIpc) is 2.48. The Kier molecular flexibility index (Phi) is 4.42. The Bertz CT molecular complexity index is 671. The van der Waals surface area contributed by atoms with Crippen LogP contribution < -0.4 is 10.6 Å². The fourth-order valence-corrected chi connectivity index (χ4v) is 2.01. The summed E-state index contributed by atoms with van der Waals surface area (Å²) in [7, 11) is 1.59. The van der Waals surface area contributed by atoms with Crippen LogP contribution in [0, 0.1) is 12.7 Å². The Morgan fingerprint density at radius 1 is 1.24 bits per heavy atom. The van der Waals surface area contributed by atoms with E-state index >= 15 is 0 Å². The number of rotatable bonds is 4. The summed E-state index contributed by atoms with van der Waals surface area (Å²) < 4.78 is 13.2. The molecule has 0 radical (unpaired) electrons. The van der Waals surface area contributed by atoms with Gasteiger partial charge < -0.3 is 15.7 Å². The molecule has 0 aliphatic rings. The van der Waals surface area contributed by atoms with Crippen LogP contribution in [0.25, 0.3) is 0 Å². The van der Waals surface area contributed by atoms with Crippen molar-refractivity contribution < 1.29 is 14.3 Å². The van der Waals surface area contributed by atoms with Gasteiger partial charge in [-0.2, -0.15) is 0 Å². The number of nitrogens with one attached hydrogen (secondary N) is 2. The summed E-state index contributed by atoms with van der Waals surface area (Å²) in [6.45, 7) is 2.32. The van der Waals surface area contributed by atoms with Crippen LogP contribution in [0.5, 0.6) is 5.75 Å². The lowest BCUT2D eigenvalue weighted by atomic mass is 10.1. The number of hydrogen-bond acceptors (Lipinski definition) is 3. The van der Waals surface area contributed by atoms with Gasteiger partial charge in [0.25, 0.3) is 5.91 Å². The van der Waals surface area contributed by atoms with Crippen LogP contribution in [0.15, 0.2) is 36.4 Å². The van der Waals surface area contributed by atoms with Crippen molar-refractivity contribution >= 4 is 11.6 Å². The fourth-order valence-electron chi connectivity index (χ4n) is 2.01. The smallest absolute Gasteiger partial charge is 0.251 e. The number of anilines is 1. The van der Waals surface area contributed by atoms with Crippen LogP contribution in [-0.2, 0) is 6.54 Å². The van der Waals surface area contributed by atoms with Crippen LogP contribution in [-0.4, -0.2) is 18.1 Å². The molecule has 4 nitrogen and oxygen atoms in total. The summed E-state index contributed by atoms with van der Waals surface area (Å²) in [6, 6.07) is 9.60. The molecule has 0 heterocycles. The number of carbonyl (C=O) groups excluding carboxylic acids is 1. The van der Waals surface area contributed by atoms with Crippen molar-refractivity contribution in [3.63, 3.8) is 0 Å². The maximum absolute atomic E-state index is 13.2. The molecule has 2 aromatic carbocycles. The lowest BCUT2D eigenvalue weighted by molar-refractivity contribution is 0.0963. The number of phenols is 1. The molecule has 110 valence electrons. The van der Waals surface area contributed by atoms with E-state index in [0.29, 0.717) is 12.1 Å². The first-order valence-corrected chi connectivity index (χ1v) is 6.55. The Hall–Kier alpha value is -2.56. The first kappa shape index (κ1) is 14.8. The van der Waals surface area contributed by atoms with Crippen LogP contribution in [0.1, 0.15) is 21.5 Å². The summed E-state index contributed by atoms with van der Waals surface area (Å²) in [5.41, 5.74) is 3.11. The van der Waals surface area contributed by atoms with Gasteiger partial charge >= 0.3 is 0 Å². The van der Waals surface area contributed by atoms with Crippen LogP contribution in [0.2, 0.25) is 0 Å². The first-order chi connectivity index (χ1) is 10.0. The van der Waals surface area contributed by atoms with E-state index < -0.39 is 5.82 Å². The van der Waals surface area contributed by atoms with Crippen LogP contribution >= 0.6 is 0 Å². The zero-order valence-corrected chi connectivity index (χ0v) is 11.9. The van der Waals surface area contributed by atoms with Crippen LogP contribution in [0.4, 0.5) is 10.1 Å². The van der Waals surface area contributed by atoms with Gasteiger partial charge in [-0.25, -0.2) is 4.39 Å². The van der Waals surface area contributed by atoms with Crippen molar-refractivity contribution in [2.75, 3.05) is 12.4 Å². The van der Waals surface area contributed by atoms with Gasteiger partial charge in [-0.1, -0.05) is 6.07 Å². The van der Waals surface area contributed by atoms with E-state index in [4.69, 9.17) is 5.11 Å². The Morgan fingerprint density at radius 2 is 2.00 bits per heavy atom. The molecule has 0 aromatic heterocycles. The number of amides is 1. The number of phenolic OH excluding ortho intramolecular Hbond substituents is 1. The standard InChI is InChI=1S/C16H17FN2O2/c1-10-7-12(16(21)18-2)4-5-14(10)19-9-11-3-6-15(20)13(17)8-11/h3-8,19-20H,9H2,1-2H3,(H,18,21). The highest BCUT2D eigenvalue weighted by Crippen LogP contribution is 2.20. The van der Waals surface area contributed by atoms with E-state index in [2.05, 4.69) is 10.6 Å². The highest BCUT2D eigenvalue weighted by molar-refractivity contribution is 5.94. The van der Waals surface area contributed by atoms with Gasteiger partial charge in [-0.05, 0) is 48.4 Å². The lowest BCUT2D eigenvalue weighted by Crippen LogP contribution is -2.17. The van der Waals surface area contributed by atoms with E-state index in [1.807, 2.05) is 13.0 Å². The molecule has 0 unspecified atom stereocenters. The van der Waals surface area contributed by atoms with Gasteiger partial charge in [-0.15, -0.1) is 0 Å². The maximum Gasteiger partial charge on any atom is 0.251 e. The van der Waals surface area contributed by atoms with Gasteiger partial charge in [0, 0.05) is 24.8 Å². The van der Waals surface area contributed by atoms with E-state index in [1.54, 1.807) is 25.2 Å². The largest absolute Gasteiger partial charge is 0.505 e. The Morgan fingerprint density at radius 3 is 2.62 bits per heavy atom. The van der Waals surface area contributed by atoms with E-state index in [0.717, 1.165) is 16.8 Å². The van der Waals surface area contributed by atoms with Crippen molar-refractivity contribution in [3.05, 3.63) is 58.9 Å². The molecule has 0 bridgehead atoms. The van der Waals surface area contributed by atoms with Crippen LogP contribution in [0.3, 0.4) is 0 Å². The molecular weight excluding hydrogens is 271 g/mol. The molecule has 0 saturated heterocycles. The van der Waals surface area contributed by atoms with E-state index in [9.17, 15) is 9.18 Å². The summed E-state index contributed by atoms with van der Waals surface area (Å²) in [5, 5.41) is 14.9. The number of benzene rings is 2. The number of aryl methyl sites for hydroxylation is 1. The summed E-state index contributed by atoms with van der Waals surface area (Å²) >= 11 is 0. The molecule has 21 heavy (non-hydrogen) atoms. The molecule has 2 rings (SSSR count). The van der Waals surface area contributed by atoms with Crippen molar-refractivity contribution in [2.24, 2.45) is 0 Å². The third kappa shape index (κ3) is 3.51. The summed E-state index contributed by atoms with van der Waals surface area (Å²) in [6.07, 6.45) is 0. The predicted molar refractivity (Wildman–Crippen MR) is 80.0 cm³/mol. The summed E-state index contributed by atoms with van der Waals surface area (Å²) in [4.78, 5) is 11.5. The number of halogens is 1. The van der Waals surface area contributed by atoms with E-state index in [-0.39, 0.29) is 11.7 Å². The Balaban J connectivity index is 2.09. The molecule has 0 atom stereocenters. The molecule has 2 aromatic rings. The number of aromatic hydroxyl groups is 1. The molecule has 0 aliphatic carbocycles. The second-order valence-electron chi connectivity index (χ2n) is 4.75. The molecule has 0 fully saturated rings. The molecular formula is C16H17FN2O2. The predicted octanol–water partition coefficient (Wildman–Crippen LogP) is 2.81. The van der Waals surface area contributed by atoms with Gasteiger partial charge in [0.05, 0.1) is 0 Å². The zero-order valence-electron chi connectivity index (χ0n) is 11.9.